The Kier molecular flexibility index (Phi) is 2.98. The fraction of sp³-hybridized carbons (Fsp3) is 1.00. The molecule has 3 aliphatic rings. The molecule has 1 unspecified atom stereocenters. The maximum atomic E-state index is 5.88. The molecule has 2 nitrogen and oxygen atoms in total. The number of likely N-dealkylation sites (tertiary alicyclic amines) is 1. The van der Waals surface area contributed by atoms with E-state index in [0.717, 1.165) is 12.6 Å². The van der Waals surface area contributed by atoms with Crippen molar-refractivity contribution in [3.63, 3.8) is 0 Å². The summed E-state index contributed by atoms with van der Waals surface area (Å²) in [6.45, 7) is 3.68. The quantitative estimate of drug-likeness (QED) is 0.572. The summed E-state index contributed by atoms with van der Waals surface area (Å²) in [4.78, 5) is 2.72. The minimum atomic E-state index is 0.555. The summed E-state index contributed by atoms with van der Waals surface area (Å²) < 4.78 is 7.06. The van der Waals surface area contributed by atoms with Crippen molar-refractivity contribution in [2.24, 2.45) is 5.41 Å². The first kappa shape index (κ1) is 10.8. The smallest absolute Gasteiger partial charge is 0.0722 e. The van der Waals surface area contributed by atoms with Crippen LogP contribution in [0.15, 0.2) is 0 Å². The Morgan fingerprint density at radius 3 is 2.53 bits per heavy atom. The maximum Gasteiger partial charge on any atom is 0.0722 e. The molecule has 2 aliphatic heterocycles. The third-order valence-corrected chi connectivity index (χ3v) is 5.40. The first-order valence-electron chi connectivity index (χ1n) is 6.26. The van der Waals surface area contributed by atoms with E-state index in [1.807, 2.05) is 0 Å². The van der Waals surface area contributed by atoms with Crippen LogP contribution in [0.5, 0.6) is 0 Å². The highest BCUT2D eigenvalue weighted by molar-refractivity contribution is 14.1. The summed E-state index contributed by atoms with van der Waals surface area (Å²) in [5.74, 6) is 0. The van der Waals surface area contributed by atoms with Gasteiger partial charge < -0.3 is 9.64 Å². The van der Waals surface area contributed by atoms with Gasteiger partial charge in [0.2, 0.25) is 0 Å². The summed E-state index contributed by atoms with van der Waals surface area (Å²) >= 11 is 2.49. The lowest BCUT2D eigenvalue weighted by atomic mass is 9.73. The molecule has 0 aromatic rings. The van der Waals surface area contributed by atoms with Crippen LogP contribution in [0.2, 0.25) is 0 Å². The highest BCUT2D eigenvalue weighted by atomic mass is 127. The molecule has 0 bridgehead atoms. The summed E-state index contributed by atoms with van der Waals surface area (Å²) in [7, 11) is 0. The van der Waals surface area contributed by atoms with E-state index >= 15 is 0 Å². The van der Waals surface area contributed by atoms with Gasteiger partial charge >= 0.3 is 0 Å². The van der Waals surface area contributed by atoms with Crippen LogP contribution in [0.25, 0.3) is 0 Å². The molecule has 2 heterocycles. The third kappa shape index (κ3) is 1.95. The Bertz CT molecular complexity index is 234. The second-order valence-corrected chi connectivity index (χ2v) is 6.27. The first-order chi connectivity index (χ1) is 7.34. The molecule has 1 atom stereocenters. The number of piperidine rings is 1. The second-order valence-electron chi connectivity index (χ2n) is 5.39. The Morgan fingerprint density at radius 1 is 1.20 bits per heavy atom. The monoisotopic (exact) mass is 321 g/mol. The van der Waals surface area contributed by atoms with Crippen molar-refractivity contribution in [2.75, 3.05) is 24.1 Å². The molecule has 1 aliphatic carbocycles. The van der Waals surface area contributed by atoms with E-state index in [4.69, 9.17) is 4.74 Å². The molecule has 3 fully saturated rings. The van der Waals surface area contributed by atoms with Crippen molar-refractivity contribution < 1.29 is 4.74 Å². The summed E-state index contributed by atoms with van der Waals surface area (Å²) in [6, 6.07) is 0.961. The molecule has 15 heavy (non-hydrogen) atoms. The van der Waals surface area contributed by atoms with Gasteiger partial charge in [-0.15, -0.1) is 0 Å². The van der Waals surface area contributed by atoms with Gasteiger partial charge in [-0.25, -0.2) is 0 Å². The van der Waals surface area contributed by atoms with Crippen molar-refractivity contribution in [1.82, 2.24) is 4.90 Å². The number of rotatable bonds is 2. The average molecular weight is 321 g/mol. The lowest BCUT2D eigenvalue weighted by Crippen LogP contribution is -2.45. The van der Waals surface area contributed by atoms with Gasteiger partial charge in [0.1, 0.15) is 0 Å². The molecule has 0 radical (unpaired) electrons. The number of hydrogen-bond acceptors (Lipinski definition) is 2. The van der Waals surface area contributed by atoms with E-state index in [2.05, 4.69) is 27.5 Å². The average Bonchev–Trinajstić information content (AvgIpc) is 3.03. The topological polar surface area (TPSA) is 12.5 Å². The molecule has 1 saturated carbocycles. The zero-order chi connectivity index (χ0) is 10.3. The van der Waals surface area contributed by atoms with Gasteiger partial charge in [0.15, 0.2) is 0 Å². The van der Waals surface area contributed by atoms with Crippen LogP contribution in [0, 0.1) is 5.41 Å². The van der Waals surface area contributed by atoms with Crippen molar-refractivity contribution in [3.8, 4) is 0 Å². The van der Waals surface area contributed by atoms with E-state index in [1.54, 1.807) is 0 Å². The van der Waals surface area contributed by atoms with Crippen LogP contribution in [0.1, 0.15) is 32.1 Å². The van der Waals surface area contributed by atoms with E-state index < -0.39 is 0 Å². The molecule has 2 saturated heterocycles. The number of nitrogens with zero attached hydrogens (tertiary/aromatic N) is 1. The van der Waals surface area contributed by atoms with Crippen molar-refractivity contribution in [3.05, 3.63) is 0 Å². The molecule has 0 N–H and O–H groups in total. The molecule has 0 aromatic heterocycles. The lowest BCUT2D eigenvalue weighted by Gasteiger charge is -2.41. The Labute approximate surface area is 106 Å². The normalized spacial score (nSPS) is 36.2. The fourth-order valence-corrected chi connectivity index (χ4v) is 4.49. The molecule has 3 rings (SSSR count). The molecule has 0 amide bonds. The van der Waals surface area contributed by atoms with Gasteiger partial charge in [0.25, 0.3) is 0 Å². The van der Waals surface area contributed by atoms with Gasteiger partial charge in [-0.05, 0) is 45.2 Å². The minimum Gasteiger partial charge on any atom is -0.377 e. The SMILES string of the molecule is ICC1OCCC12CCN(C1CC1)CC2. The minimum absolute atomic E-state index is 0.555. The highest BCUT2D eigenvalue weighted by Crippen LogP contribution is 2.46. The molecular formula is C12H20INO. The fourth-order valence-electron chi connectivity index (χ4n) is 3.30. The predicted molar refractivity (Wildman–Crippen MR) is 69.5 cm³/mol. The van der Waals surface area contributed by atoms with E-state index in [-0.39, 0.29) is 0 Å². The van der Waals surface area contributed by atoms with Crippen LogP contribution in [0.3, 0.4) is 0 Å². The van der Waals surface area contributed by atoms with Gasteiger partial charge in [0.05, 0.1) is 6.10 Å². The van der Waals surface area contributed by atoms with Crippen molar-refractivity contribution >= 4 is 22.6 Å². The summed E-state index contributed by atoms with van der Waals surface area (Å²) in [5, 5.41) is 0. The predicted octanol–water partition coefficient (Wildman–Crippen LogP) is 2.45. The van der Waals surface area contributed by atoms with Crippen molar-refractivity contribution in [2.45, 2.75) is 44.2 Å². The lowest BCUT2D eigenvalue weighted by molar-refractivity contribution is 0.0231. The van der Waals surface area contributed by atoms with Gasteiger partial charge in [-0.2, -0.15) is 0 Å². The molecule has 3 heteroatoms. The van der Waals surface area contributed by atoms with Gasteiger partial charge in [-0.3, -0.25) is 0 Å². The van der Waals surface area contributed by atoms with Crippen LogP contribution >= 0.6 is 22.6 Å². The largest absolute Gasteiger partial charge is 0.377 e. The standard InChI is InChI=1S/C12H20INO/c13-9-11-12(5-8-15-11)3-6-14(7-4-12)10-1-2-10/h10-11H,1-9H2. The Morgan fingerprint density at radius 2 is 1.93 bits per heavy atom. The third-order valence-electron chi connectivity index (χ3n) is 4.60. The van der Waals surface area contributed by atoms with Gasteiger partial charge in [0, 0.05) is 22.5 Å². The molecule has 0 aromatic carbocycles. The van der Waals surface area contributed by atoms with Crippen LogP contribution in [-0.2, 0) is 4.74 Å². The van der Waals surface area contributed by atoms with E-state index in [1.165, 1.54) is 49.6 Å². The van der Waals surface area contributed by atoms with Crippen molar-refractivity contribution in [1.29, 1.82) is 0 Å². The Balaban J connectivity index is 1.63. The van der Waals surface area contributed by atoms with Crippen LogP contribution in [-0.4, -0.2) is 41.2 Å². The summed E-state index contributed by atoms with van der Waals surface area (Å²) in [5.41, 5.74) is 0.562. The molecular weight excluding hydrogens is 301 g/mol. The zero-order valence-electron chi connectivity index (χ0n) is 9.25. The first-order valence-corrected chi connectivity index (χ1v) is 7.78. The van der Waals surface area contributed by atoms with Gasteiger partial charge in [-0.1, -0.05) is 22.6 Å². The summed E-state index contributed by atoms with van der Waals surface area (Å²) in [6.07, 6.45) is 7.56. The van der Waals surface area contributed by atoms with E-state index in [9.17, 15) is 0 Å². The maximum absolute atomic E-state index is 5.88. The number of alkyl halides is 1. The zero-order valence-corrected chi connectivity index (χ0v) is 11.4. The number of ether oxygens (including phenoxy) is 1. The molecule has 1 spiro atoms. The highest BCUT2D eigenvalue weighted by Gasteiger charge is 2.46. The van der Waals surface area contributed by atoms with E-state index in [0.29, 0.717) is 11.5 Å². The number of halogens is 1. The van der Waals surface area contributed by atoms with Crippen LogP contribution in [0.4, 0.5) is 0 Å². The molecule has 86 valence electrons. The Hall–Kier alpha value is 0.650. The van der Waals surface area contributed by atoms with Crippen LogP contribution < -0.4 is 0 Å². The second kappa shape index (κ2) is 4.15. The number of hydrogen-bond donors (Lipinski definition) is 0.